The molecule has 1 N–H and O–H groups in total. The Morgan fingerprint density at radius 2 is 1.65 bits per heavy atom. The van der Waals surface area contributed by atoms with Crippen molar-refractivity contribution in [2.75, 3.05) is 18.4 Å². The van der Waals surface area contributed by atoms with E-state index in [1.54, 1.807) is 4.90 Å². The zero-order chi connectivity index (χ0) is 21.4. The predicted octanol–water partition coefficient (Wildman–Crippen LogP) is 4.36. The molecule has 2 fully saturated rings. The van der Waals surface area contributed by atoms with Crippen LogP contribution in [0.2, 0.25) is 0 Å². The first-order chi connectivity index (χ1) is 15.0. The van der Waals surface area contributed by atoms with Crippen LogP contribution >= 0.6 is 0 Å². The molecule has 0 bridgehead atoms. The Morgan fingerprint density at radius 3 is 2.35 bits per heavy atom. The van der Waals surface area contributed by atoms with Crippen LogP contribution in [0.3, 0.4) is 0 Å². The SMILES string of the molecule is O=C(Nc1ccc2c(c1)OC1(CCCC1)O2)C1CCN(C(=O)c2ccc(F)cc2)CC1. The van der Waals surface area contributed by atoms with E-state index in [2.05, 4.69) is 5.32 Å². The summed E-state index contributed by atoms with van der Waals surface area (Å²) in [6.07, 6.45) is 5.15. The third kappa shape index (κ3) is 3.96. The van der Waals surface area contributed by atoms with Crippen molar-refractivity contribution in [3.8, 4) is 11.5 Å². The number of halogens is 1. The quantitative estimate of drug-likeness (QED) is 0.795. The number of amides is 2. The Morgan fingerprint density at radius 1 is 0.968 bits per heavy atom. The first kappa shape index (κ1) is 19.8. The van der Waals surface area contributed by atoms with Crippen LogP contribution in [-0.4, -0.2) is 35.6 Å². The van der Waals surface area contributed by atoms with Crippen LogP contribution in [0.4, 0.5) is 10.1 Å². The number of hydrogen-bond acceptors (Lipinski definition) is 4. The summed E-state index contributed by atoms with van der Waals surface area (Å²) in [6.45, 7) is 0.996. The van der Waals surface area contributed by atoms with Crippen molar-refractivity contribution in [3.63, 3.8) is 0 Å². The minimum Gasteiger partial charge on any atom is -0.448 e. The number of nitrogens with zero attached hydrogens (tertiary/aromatic N) is 1. The number of piperidine rings is 1. The molecule has 0 aromatic heterocycles. The second kappa shape index (κ2) is 7.87. The second-order valence-electron chi connectivity index (χ2n) is 8.55. The molecular formula is C24H25FN2O4. The molecule has 2 aliphatic heterocycles. The zero-order valence-electron chi connectivity index (χ0n) is 17.2. The van der Waals surface area contributed by atoms with Gasteiger partial charge >= 0.3 is 0 Å². The van der Waals surface area contributed by atoms with Crippen LogP contribution in [0.25, 0.3) is 0 Å². The fraction of sp³-hybridized carbons (Fsp3) is 0.417. The Labute approximate surface area is 180 Å². The molecule has 2 aromatic carbocycles. The predicted molar refractivity (Wildman–Crippen MR) is 113 cm³/mol. The Kier molecular flexibility index (Phi) is 5.04. The van der Waals surface area contributed by atoms with E-state index in [4.69, 9.17) is 9.47 Å². The molecule has 0 atom stereocenters. The van der Waals surface area contributed by atoms with Crippen LogP contribution in [0.1, 0.15) is 48.9 Å². The average molecular weight is 424 g/mol. The smallest absolute Gasteiger partial charge is 0.253 e. The van der Waals surface area contributed by atoms with Gasteiger partial charge in [-0.15, -0.1) is 0 Å². The van der Waals surface area contributed by atoms with E-state index >= 15 is 0 Å². The molecule has 1 spiro atoms. The van der Waals surface area contributed by atoms with Crippen molar-refractivity contribution in [1.29, 1.82) is 0 Å². The summed E-state index contributed by atoms with van der Waals surface area (Å²) in [6, 6.07) is 11.1. The van der Waals surface area contributed by atoms with Gasteiger partial charge in [0.25, 0.3) is 11.7 Å². The summed E-state index contributed by atoms with van der Waals surface area (Å²) in [5, 5.41) is 2.98. The lowest BCUT2D eigenvalue weighted by Crippen LogP contribution is -2.41. The molecule has 2 aromatic rings. The summed E-state index contributed by atoms with van der Waals surface area (Å²) in [7, 11) is 0. The molecule has 2 heterocycles. The molecule has 3 aliphatic rings. The summed E-state index contributed by atoms with van der Waals surface area (Å²) in [5.74, 6) is 0.179. The number of nitrogens with one attached hydrogen (secondary N) is 1. The lowest BCUT2D eigenvalue weighted by Gasteiger charge is -2.31. The zero-order valence-corrected chi connectivity index (χ0v) is 17.2. The van der Waals surface area contributed by atoms with Crippen molar-refractivity contribution in [2.45, 2.75) is 44.3 Å². The van der Waals surface area contributed by atoms with Crippen molar-refractivity contribution in [1.82, 2.24) is 4.90 Å². The first-order valence-electron chi connectivity index (χ1n) is 10.9. The number of likely N-dealkylation sites (tertiary alicyclic amines) is 1. The maximum Gasteiger partial charge on any atom is 0.253 e. The molecule has 2 amide bonds. The van der Waals surface area contributed by atoms with Gasteiger partial charge in [-0.05, 0) is 62.1 Å². The van der Waals surface area contributed by atoms with Crippen molar-refractivity contribution >= 4 is 17.5 Å². The molecule has 31 heavy (non-hydrogen) atoms. The van der Waals surface area contributed by atoms with Gasteiger partial charge in [-0.3, -0.25) is 9.59 Å². The maximum atomic E-state index is 13.1. The summed E-state index contributed by atoms with van der Waals surface area (Å²) in [4.78, 5) is 27.1. The highest BCUT2D eigenvalue weighted by Crippen LogP contribution is 2.47. The number of anilines is 1. The van der Waals surface area contributed by atoms with Crippen LogP contribution in [-0.2, 0) is 4.79 Å². The molecule has 0 radical (unpaired) electrons. The number of carbonyl (C=O) groups excluding carboxylic acids is 2. The summed E-state index contributed by atoms with van der Waals surface area (Å²) < 4.78 is 25.2. The Bertz CT molecular complexity index is 993. The van der Waals surface area contributed by atoms with Gasteiger partial charge in [0.2, 0.25) is 5.91 Å². The highest BCUT2D eigenvalue weighted by atomic mass is 19.1. The fourth-order valence-electron chi connectivity index (χ4n) is 4.65. The molecule has 0 unspecified atom stereocenters. The molecule has 1 saturated heterocycles. The van der Waals surface area contributed by atoms with Gasteiger partial charge in [-0.1, -0.05) is 0 Å². The molecule has 1 aliphatic carbocycles. The van der Waals surface area contributed by atoms with E-state index in [1.807, 2.05) is 18.2 Å². The number of fused-ring (bicyclic) bond motifs is 1. The minimum absolute atomic E-state index is 0.0525. The molecule has 5 rings (SSSR count). The van der Waals surface area contributed by atoms with Crippen molar-refractivity contribution in [2.24, 2.45) is 5.92 Å². The molecule has 162 valence electrons. The van der Waals surface area contributed by atoms with Gasteiger partial charge in [-0.2, -0.15) is 0 Å². The third-order valence-electron chi connectivity index (χ3n) is 6.41. The van der Waals surface area contributed by atoms with E-state index in [1.165, 1.54) is 24.3 Å². The van der Waals surface area contributed by atoms with Crippen LogP contribution in [0, 0.1) is 11.7 Å². The largest absolute Gasteiger partial charge is 0.448 e. The molecular weight excluding hydrogens is 399 g/mol. The molecule has 1 saturated carbocycles. The van der Waals surface area contributed by atoms with Crippen molar-refractivity contribution in [3.05, 3.63) is 53.8 Å². The van der Waals surface area contributed by atoms with Crippen LogP contribution < -0.4 is 14.8 Å². The van der Waals surface area contributed by atoms with E-state index < -0.39 is 5.79 Å². The van der Waals surface area contributed by atoms with E-state index in [-0.39, 0.29) is 23.5 Å². The topological polar surface area (TPSA) is 67.9 Å². The van der Waals surface area contributed by atoms with Crippen molar-refractivity contribution < 1.29 is 23.5 Å². The normalized spacial score (nSPS) is 19.6. The highest BCUT2D eigenvalue weighted by Gasteiger charge is 2.44. The minimum atomic E-state index is -0.519. The lowest BCUT2D eigenvalue weighted by molar-refractivity contribution is -0.121. The van der Waals surface area contributed by atoms with Gasteiger partial charge in [0.05, 0.1) is 0 Å². The van der Waals surface area contributed by atoms with Crippen LogP contribution in [0.5, 0.6) is 11.5 Å². The first-order valence-corrected chi connectivity index (χ1v) is 10.9. The fourth-order valence-corrected chi connectivity index (χ4v) is 4.65. The maximum absolute atomic E-state index is 13.1. The Balaban J connectivity index is 1.16. The van der Waals surface area contributed by atoms with Gasteiger partial charge in [0.1, 0.15) is 5.82 Å². The third-order valence-corrected chi connectivity index (χ3v) is 6.41. The number of ether oxygens (including phenoxy) is 2. The van der Waals surface area contributed by atoms with Gasteiger partial charge in [-0.25, -0.2) is 4.39 Å². The van der Waals surface area contributed by atoms with E-state index in [9.17, 15) is 14.0 Å². The van der Waals surface area contributed by atoms with Gasteiger partial charge in [0, 0.05) is 49.2 Å². The number of benzene rings is 2. The highest BCUT2D eigenvalue weighted by molar-refractivity contribution is 5.95. The van der Waals surface area contributed by atoms with E-state index in [0.717, 1.165) is 31.4 Å². The number of hydrogen-bond donors (Lipinski definition) is 1. The molecule has 6 nitrogen and oxygen atoms in total. The van der Waals surface area contributed by atoms with Gasteiger partial charge in [0.15, 0.2) is 11.5 Å². The summed E-state index contributed by atoms with van der Waals surface area (Å²) >= 11 is 0. The lowest BCUT2D eigenvalue weighted by atomic mass is 9.95. The Hall–Kier alpha value is -3.09. The average Bonchev–Trinajstić information content (AvgIpc) is 3.39. The number of carbonyl (C=O) groups is 2. The molecule has 7 heteroatoms. The van der Waals surface area contributed by atoms with E-state index in [0.29, 0.717) is 42.9 Å². The number of rotatable bonds is 3. The summed E-state index contributed by atoms with van der Waals surface area (Å²) in [5.41, 5.74) is 1.15. The van der Waals surface area contributed by atoms with Crippen LogP contribution in [0.15, 0.2) is 42.5 Å². The second-order valence-corrected chi connectivity index (χ2v) is 8.55. The standard InChI is InChI=1S/C24H25FN2O4/c25-18-5-3-17(4-6-18)23(29)27-13-9-16(10-14-27)22(28)26-19-7-8-20-21(15-19)31-24(30-20)11-1-2-12-24/h3-8,15-16H,1-2,9-14H2,(H,26,28). The monoisotopic (exact) mass is 424 g/mol. The van der Waals surface area contributed by atoms with Gasteiger partial charge < -0.3 is 19.7 Å².